The van der Waals surface area contributed by atoms with E-state index in [9.17, 15) is 0 Å². The third kappa shape index (κ3) is 2.69. The van der Waals surface area contributed by atoms with Crippen LogP contribution in [0.3, 0.4) is 0 Å². The quantitative estimate of drug-likeness (QED) is 0.858. The first-order valence-corrected chi connectivity index (χ1v) is 8.89. The lowest BCUT2D eigenvalue weighted by molar-refractivity contribution is -0.0432. The van der Waals surface area contributed by atoms with Crippen LogP contribution in [0.1, 0.15) is 34.1 Å². The molecule has 0 radical (unpaired) electrons. The van der Waals surface area contributed by atoms with Gasteiger partial charge in [0, 0.05) is 43.5 Å². The van der Waals surface area contributed by atoms with E-state index in [1.54, 1.807) is 0 Å². The molecule has 2 atom stereocenters. The fourth-order valence-electron chi connectivity index (χ4n) is 3.83. The summed E-state index contributed by atoms with van der Waals surface area (Å²) < 4.78 is 0. The summed E-state index contributed by atoms with van der Waals surface area (Å²) in [4.78, 5) is 5.31. The molecule has 0 aromatic carbocycles. The zero-order valence-corrected chi connectivity index (χ0v) is 13.9. The molecule has 0 spiro atoms. The van der Waals surface area contributed by atoms with E-state index in [0.717, 1.165) is 6.54 Å². The SMILES string of the molecule is CCN1CCN(C2(CN)CSCCC2(C)C)CC1C. The molecule has 0 aliphatic carbocycles. The van der Waals surface area contributed by atoms with Gasteiger partial charge in [0.2, 0.25) is 0 Å². The molecule has 3 nitrogen and oxygen atoms in total. The van der Waals surface area contributed by atoms with Crippen molar-refractivity contribution in [2.24, 2.45) is 11.1 Å². The minimum absolute atomic E-state index is 0.198. The maximum Gasteiger partial charge on any atom is 0.0474 e. The van der Waals surface area contributed by atoms with Crippen molar-refractivity contribution < 1.29 is 0 Å². The highest BCUT2D eigenvalue weighted by molar-refractivity contribution is 7.99. The van der Waals surface area contributed by atoms with E-state index in [-0.39, 0.29) is 5.54 Å². The summed E-state index contributed by atoms with van der Waals surface area (Å²) in [5.74, 6) is 2.49. The van der Waals surface area contributed by atoms with Crippen molar-refractivity contribution in [1.82, 2.24) is 9.80 Å². The second kappa shape index (κ2) is 5.92. The molecular formula is C15H31N3S. The Morgan fingerprint density at radius 1 is 1.32 bits per heavy atom. The molecule has 2 fully saturated rings. The largest absolute Gasteiger partial charge is 0.329 e. The molecule has 2 aliphatic heterocycles. The number of nitrogens with zero attached hydrogens (tertiary/aromatic N) is 2. The number of hydrogen-bond acceptors (Lipinski definition) is 4. The van der Waals surface area contributed by atoms with Crippen LogP contribution < -0.4 is 5.73 Å². The molecule has 0 saturated carbocycles. The predicted octanol–water partition coefficient (Wildman–Crippen LogP) is 1.87. The van der Waals surface area contributed by atoms with Gasteiger partial charge in [-0.25, -0.2) is 0 Å². The van der Waals surface area contributed by atoms with Crippen LogP contribution in [-0.4, -0.2) is 65.6 Å². The average Bonchev–Trinajstić information content (AvgIpc) is 2.38. The van der Waals surface area contributed by atoms with Gasteiger partial charge in [0.25, 0.3) is 0 Å². The Kier molecular flexibility index (Phi) is 4.87. The van der Waals surface area contributed by atoms with Gasteiger partial charge in [-0.05, 0) is 31.1 Å². The molecule has 2 saturated heterocycles. The van der Waals surface area contributed by atoms with Crippen molar-refractivity contribution in [3.8, 4) is 0 Å². The third-order valence-electron chi connectivity index (χ3n) is 5.59. The van der Waals surface area contributed by atoms with Crippen molar-refractivity contribution in [3.05, 3.63) is 0 Å². The average molecular weight is 286 g/mol. The summed E-state index contributed by atoms with van der Waals surface area (Å²) in [7, 11) is 0. The van der Waals surface area contributed by atoms with Crippen LogP contribution in [0.25, 0.3) is 0 Å². The molecule has 2 heterocycles. The van der Waals surface area contributed by atoms with Crippen molar-refractivity contribution >= 4 is 11.8 Å². The topological polar surface area (TPSA) is 32.5 Å². The number of likely N-dealkylation sites (N-methyl/N-ethyl adjacent to an activating group) is 1. The van der Waals surface area contributed by atoms with Gasteiger partial charge in [-0.1, -0.05) is 20.8 Å². The maximum atomic E-state index is 6.29. The summed E-state index contributed by atoms with van der Waals surface area (Å²) >= 11 is 2.09. The molecule has 2 unspecified atom stereocenters. The van der Waals surface area contributed by atoms with E-state index in [0.29, 0.717) is 11.5 Å². The smallest absolute Gasteiger partial charge is 0.0474 e. The van der Waals surface area contributed by atoms with E-state index in [4.69, 9.17) is 5.73 Å². The maximum absolute atomic E-state index is 6.29. The molecule has 0 aromatic rings. The Labute approximate surface area is 123 Å². The van der Waals surface area contributed by atoms with E-state index in [2.05, 4.69) is 49.3 Å². The van der Waals surface area contributed by atoms with Crippen LogP contribution in [0, 0.1) is 5.41 Å². The minimum Gasteiger partial charge on any atom is -0.329 e. The number of piperazine rings is 1. The molecule has 4 heteroatoms. The van der Waals surface area contributed by atoms with Crippen LogP contribution in [0.15, 0.2) is 0 Å². The molecule has 0 bridgehead atoms. The highest BCUT2D eigenvalue weighted by Crippen LogP contribution is 2.46. The molecule has 2 N–H and O–H groups in total. The van der Waals surface area contributed by atoms with Crippen LogP contribution in [-0.2, 0) is 0 Å². The molecule has 19 heavy (non-hydrogen) atoms. The summed E-state index contributed by atoms with van der Waals surface area (Å²) in [6.07, 6.45) is 1.29. The fraction of sp³-hybridized carbons (Fsp3) is 1.00. The predicted molar refractivity (Wildman–Crippen MR) is 85.8 cm³/mol. The fourth-order valence-corrected chi connectivity index (χ4v) is 5.66. The van der Waals surface area contributed by atoms with Gasteiger partial charge in [0.1, 0.15) is 0 Å². The van der Waals surface area contributed by atoms with Gasteiger partial charge in [-0.15, -0.1) is 0 Å². The Hall–Kier alpha value is 0.230. The molecule has 2 aliphatic rings. The van der Waals surface area contributed by atoms with E-state index in [1.807, 2.05) is 0 Å². The van der Waals surface area contributed by atoms with Crippen molar-refractivity contribution in [1.29, 1.82) is 0 Å². The van der Waals surface area contributed by atoms with Crippen LogP contribution in [0.2, 0.25) is 0 Å². The lowest BCUT2D eigenvalue weighted by Gasteiger charge is -2.58. The number of thioether (sulfide) groups is 1. The standard InChI is InChI=1S/C15H31N3S/c1-5-17-7-8-18(10-13(17)2)15(11-16)12-19-9-6-14(15,3)4/h13H,5-12,16H2,1-4H3. The van der Waals surface area contributed by atoms with Gasteiger partial charge in [0.05, 0.1) is 0 Å². The minimum atomic E-state index is 0.198. The Morgan fingerprint density at radius 2 is 2.05 bits per heavy atom. The van der Waals surface area contributed by atoms with Crippen LogP contribution in [0.5, 0.6) is 0 Å². The first-order valence-electron chi connectivity index (χ1n) is 7.74. The lowest BCUT2D eigenvalue weighted by atomic mass is 9.69. The molecule has 2 rings (SSSR count). The highest BCUT2D eigenvalue weighted by Gasteiger charge is 2.50. The van der Waals surface area contributed by atoms with Crippen molar-refractivity contribution in [2.45, 2.75) is 45.7 Å². The normalized spacial score (nSPS) is 37.4. The first-order chi connectivity index (χ1) is 8.97. The van der Waals surface area contributed by atoms with Gasteiger partial charge in [-0.2, -0.15) is 11.8 Å². The van der Waals surface area contributed by atoms with Crippen LogP contribution in [0.4, 0.5) is 0 Å². The highest BCUT2D eigenvalue weighted by atomic mass is 32.2. The Bertz CT molecular complexity index is 308. The second-order valence-corrected chi connectivity index (χ2v) is 7.95. The first kappa shape index (κ1) is 15.6. The summed E-state index contributed by atoms with van der Waals surface area (Å²) in [6, 6.07) is 0.657. The van der Waals surface area contributed by atoms with E-state index >= 15 is 0 Å². The lowest BCUT2D eigenvalue weighted by Crippen LogP contribution is -2.70. The van der Waals surface area contributed by atoms with Gasteiger partial charge in [-0.3, -0.25) is 9.80 Å². The van der Waals surface area contributed by atoms with Gasteiger partial charge >= 0.3 is 0 Å². The number of nitrogens with two attached hydrogens (primary N) is 1. The second-order valence-electron chi connectivity index (χ2n) is 6.85. The number of rotatable bonds is 3. The summed E-state index contributed by atoms with van der Waals surface area (Å²) in [5, 5.41) is 0. The Morgan fingerprint density at radius 3 is 2.58 bits per heavy atom. The van der Waals surface area contributed by atoms with Gasteiger partial charge in [0.15, 0.2) is 0 Å². The monoisotopic (exact) mass is 285 g/mol. The molecule has 112 valence electrons. The third-order valence-corrected chi connectivity index (χ3v) is 6.76. The van der Waals surface area contributed by atoms with Crippen molar-refractivity contribution in [3.63, 3.8) is 0 Å². The summed E-state index contributed by atoms with van der Waals surface area (Å²) in [5.41, 5.74) is 6.82. The van der Waals surface area contributed by atoms with Crippen LogP contribution >= 0.6 is 11.8 Å². The molecular weight excluding hydrogens is 254 g/mol. The van der Waals surface area contributed by atoms with Gasteiger partial charge < -0.3 is 5.73 Å². The zero-order chi connectivity index (χ0) is 14.1. The molecule has 0 amide bonds. The Balaban J connectivity index is 2.17. The van der Waals surface area contributed by atoms with Crippen molar-refractivity contribution in [2.75, 3.05) is 44.2 Å². The number of hydrogen-bond donors (Lipinski definition) is 1. The molecule has 0 aromatic heterocycles. The zero-order valence-electron chi connectivity index (χ0n) is 13.1. The van der Waals surface area contributed by atoms with E-state index < -0.39 is 0 Å². The van der Waals surface area contributed by atoms with E-state index in [1.165, 1.54) is 44.1 Å². The summed E-state index contributed by atoms with van der Waals surface area (Å²) in [6.45, 7) is 15.0.